The summed E-state index contributed by atoms with van der Waals surface area (Å²) in [6, 6.07) is 12.5. The zero-order valence-electron chi connectivity index (χ0n) is 20.1. The molecular weight excluding hydrogens is 466 g/mol. The second kappa shape index (κ2) is 11.0. The van der Waals surface area contributed by atoms with E-state index in [0.29, 0.717) is 49.2 Å². The Morgan fingerprint density at radius 2 is 1.86 bits per heavy atom. The molecule has 2 aromatic carbocycles. The van der Waals surface area contributed by atoms with Gasteiger partial charge in [-0.2, -0.15) is 4.31 Å². The van der Waals surface area contributed by atoms with Gasteiger partial charge in [-0.3, -0.25) is 4.79 Å². The van der Waals surface area contributed by atoms with Gasteiger partial charge in [0.05, 0.1) is 23.4 Å². The first-order valence-corrected chi connectivity index (χ1v) is 13.4. The van der Waals surface area contributed by atoms with Crippen LogP contribution in [0, 0.1) is 6.92 Å². The number of nitrogens with zero attached hydrogens (tertiary/aromatic N) is 2. The second-order valence-electron chi connectivity index (χ2n) is 8.59. The number of ether oxygens (including phenoxy) is 1. The van der Waals surface area contributed by atoms with Crippen molar-refractivity contribution >= 4 is 21.6 Å². The van der Waals surface area contributed by atoms with Crippen molar-refractivity contribution in [2.24, 2.45) is 0 Å². The van der Waals surface area contributed by atoms with E-state index in [9.17, 15) is 13.2 Å². The normalized spacial score (nSPS) is 14.6. The molecule has 0 saturated carbocycles. The molecule has 1 aromatic heterocycles. The van der Waals surface area contributed by atoms with Crippen LogP contribution in [-0.2, 0) is 21.2 Å². The first-order valence-electron chi connectivity index (χ1n) is 12.0. The van der Waals surface area contributed by atoms with E-state index in [1.165, 1.54) is 16.4 Å². The number of hydrogen-bond donors (Lipinski definition) is 1. The van der Waals surface area contributed by atoms with Crippen molar-refractivity contribution in [3.8, 4) is 17.1 Å². The van der Waals surface area contributed by atoms with Crippen LogP contribution in [0.25, 0.3) is 11.3 Å². The van der Waals surface area contributed by atoms with Crippen LogP contribution >= 0.6 is 0 Å². The van der Waals surface area contributed by atoms with Crippen LogP contribution in [0.4, 0.5) is 5.69 Å². The van der Waals surface area contributed by atoms with E-state index < -0.39 is 10.0 Å². The highest BCUT2D eigenvalue weighted by Gasteiger charge is 2.27. The van der Waals surface area contributed by atoms with E-state index in [-0.39, 0.29) is 17.2 Å². The summed E-state index contributed by atoms with van der Waals surface area (Å²) in [5, 5.41) is 2.81. The smallest absolute Gasteiger partial charge is 0.243 e. The molecule has 3 aromatic rings. The molecule has 1 saturated heterocycles. The number of hydrogen-bond acceptors (Lipinski definition) is 6. The molecule has 35 heavy (non-hydrogen) atoms. The Morgan fingerprint density at radius 3 is 2.57 bits per heavy atom. The van der Waals surface area contributed by atoms with E-state index >= 15 is 0 Å². The molecule has 1 aliphatic heterocycles. The van der Waals surface area contributed by atoms with Gasteiger partial charge in [0.15, 0.2) is 11.7 Å². The third-order valence-electron chi connectivity index (χ3n) is 5.93. The number of carbonyl (C=O) groups excluding carboxylic acids is 1. The molecule has 0 radical (unpaired) electrons. The third-order valence-corrected chi connectivity index (χ3v) is 7.83. The van der Waals surface area contributed by atoms with E-state index in [0.717, 1.165) is 30.4 Å². The van der Waals surface area contributed by atoms with Crippen molar-refractivity contribution in [3.63, 3.8) is 0 Å². The Morgan fingerprint density at radius 1 is 1.11 bits per heavy atom. The van der Waals surface area contributed by atoms with Crippen LogP contribution in [0.2, 0.25) is 0 Å². The Kier molecular flexibility index (Phi) is 7.87. The Labute approximate surface area is 206 Å². The van der Waals surface area contributed by atoms with E-state index in [1.807, 2.05) is 38.1 Å². The molecule has 1 N–H and O–H groups in total. The van der Waals surface area contributed by atoms with Gasteiger partial charge < -0.3 is 14.5 Å². The number of anilines is 1. The average Bonchev–Trinajstić information content (AvgIpc) is 3.34. The molecule has 1 fully saturated rings. The fraction of sp³-hybridized carbons (Fsp3) is 0.385. The second-order valence-corrected chi connectivity index (χ2v) is 10.5. The monoisotopic (exact) mass is 497 g/mol. The maximum Gasteiger partial charge on any atom is 0.243 e. The molecule has 9 heteroatoms. The van der Waals surface area contributed by atoms with Crippen LogP contribution in [0.1, 0.15) is 44.1 Å². The standard InChI is InChI=1S/C26H31N3O5S/c1-3-33-23-12-11-21(35(31,32)29-15-5-4-6-16-29)17-22(23)28-25(30)13-14-26-27-18-24(34-26)20-9-7-19(2)8-10-20/h7-12,17-18H,3-6,13-16H2,1-2H3,(H,28,30). The summed E-state index contributed by atoms with van der Waals surface area (Å²) >= 11 is 0. The number of sulfonamides is 1. The van der Waals surface area contributed by atoms with Crippen molar-refractivity contribution in [2.75, 3.05) is 25.0 Å². The quantitative estimate of drug-likeness (QED) is 0.456. The average molecular weight is 498 g/mol. The van der Waals surface area contributed by atoms with Crippen molar-refractivity contribution < 1.29 is 22.4 Å². The van der Waals surface area contributed by atoms with Gasteiger partial charge in [-0.25, -0.2) is 13.4 Å². The minimum absolute atomic E-state index is 0.127. The van der Waals surface area contributed by atoms with E-state index in [1.54, 1.807) is 12.3 Å². The van der Waals surface area contributed by atoms with E-state index in [2.05, 4.69) is 10.3 Å². The number of piperidine rings is 1. The number of oxazole rings is 1. The molecule has 2 heterocycles. The summed E-state index contributed by atoms with van der Waals surface area (Å²) < 4.78 is 39.1. The number of amides is 1. The van der Waals surface area contributed by atoms with Gasteiger partial charge in [0, 0.05) is 31.5 Å². The molecule has 4 rings (SSSR count). The largest absolute Gasteiger partial charge is 0.492 e. The summed E-state index contributed by atoms with van der Waals surface area (Å²) in [6.45, 7) is 5.26. The molecule has 0 atom stereocenters. The summed E-state index contributed by atoms with van der Waals surface area (Å²) in [5.41, 5.74) is 2.42. The zero-order chi connectivity index (χ0) is 24.8. The van der Waals surface area contributed by atoms with Crippen molar-refractivity contribution in [3.05, 3.63) is 60.1 Å². The Balaban J connectivity index is 1.44. The van der Waals surface area contributed by atoms with Crippen molar-refractivity contribution in [1.29, 1.82) is 0 Å². The number of aromatic nitrogens is 1. The first-order chi connectivity index (χ1) is 16.9. The molecule has 1 aliphatic rings. The molecular formula is C26H31N3O5S. The highest BCUT2D eigenvalue weighted by molar-refractivity contribution is 7.89. The van der Waals surface area contributed by atoms with E-state index in [4.69, 9.17) is 9.15 Å². The summed E-state index contributed by atoms with van der Waals surface area (Å²) in [6.07, 6.45) is 4.84. The highest BCUT2D eigenvalue weighted by atomic mass is 32.2. The van der Waals surface area contributed by atoms with Gasteiger partial charge in [-0.1, -0.05) is 36.2 Å². The lowest BCUT2D eigenvalue weighted by molar-refractivity contribution is -0.116. The SMILES string of the molecule is CCOc1ccc(S(=O)(=O)N2CCCCC2)cc1NC(=O)CCc1ncc(-c2ccc(C)cc2)o1. The number of carbonyl (C=O) groups is 1. The van der Waals surface area contributed by atoms with Crippen LogP contribution < -0.4 is 10.1 Å². The van der Waals surface area contributed by atoms with Gasteiger partial charge in [0.2, 0.25) is 15.9 Å². The molecule has 0 bridgehead atoms. The van der Waals surface area contributed by atoms with Crippen LogP contribution in [0.15, 0.2) is 58.0 Å². The molecule has 0 unspecified atom stereocenters. The zero-order valence-corrected chi connectivity index (χ0v) is 20.9. The Hall–Kier alpha value is -3.17. The first kappa shape index (κ1) is 24.9. The minimum atomic E-state index is -3.63. The Bertz CT molecular complexity index is 1260. The molecule has 8 nitrogen and oxygen atoms in total. The summed E-state index contributed by atoms with van der Waals surface area (Å²) in [7, 11) is -3.63. The lowest BCUT2D eigenvalue weighted by Crippen LogP contribution is -2.35. The van der Waals surface area contributed by atoms with Gasteiger partial charge in [-0.05, 0) is 44.9 Å². The van der Waals surface area contributed by atoms with Crippen LogP contribution in [0.3, 0.4) is 0 Å². The summed E-state index contributed by atoms with van der Waals surface area (Å²) in [4.78, 5) is 17.2. The fourth-order valence-electron chi connectivity index (χ4n) is 4.01. The molecule has 0 aliphatic carbocycles. The van der Waals surface area contributed by atoms with Crippen molar-refractivity contribution in [2.45, 2.75) is 50.8 Å². The van der Waals surface area contributed by atoms with Crippen molar-refractivity contribution in [1.82, 2.24) is 9.29 Å². The van der Waals surface area contributed by atoms with Gasteiger partial charge in [0.1, 0.15) is 5.75 Å². The van der Waals surface area contributed by atoms with Crippen LogP contribution in [-0.4, -0.2) is 43.3 Å². The molecule has 1 amide bonds. The van der Waals surface area contributed by atoms with Gasteiger partial charge in [-0.15, -0.1) is 0 Å². The third kappa shape index (κ3) is 6.10. The maximum absolute atomic E-state index is 13.1. The lowest BCUT2D eigenvalue weighted by Gasteiger charge is -2.26. The molecule has 186 valence electrons. The maximum atomic E-state index is 13.1. The number of nitrogens with one attached hydrogen (secondary N) is 1. The number of rotatable bonds is 9. The lowest BCUT2D eigenvalue weighted by atomic mass is 10.1. The minimum Gasteiger partial charge on any atom is -0.492 e. The predicted octanol–water partition coefficient (Wildman–Crippen LogP) is 4.79. The van der Waals surface area contributed by atoms with Gasteiger partial charge in [0.25, 0.3) is 0 Å². The van der Waals surface area contributed by atoms with Crippen LogP contribution in [0.5, 0.6) is 5.75 Å². The fourth-order valence-corrected chi connectivity index (χ4v) is 5.56. The molecule has 0 spiro atoms. The summed E-state index contributed by atoms with van der Waals surface area (Å²) in [5.74, 6) is 1.25. The number of aryl methyl sites for hydroxylation is 2. The highest BCUT2D eigenvalue weighted by Crippen LogP contribution is 2.30. The predicted molar refractivity (Wildman–Crippen MR) is 134 cm³/mol. The van der Waals surface area contributed by atoms with Gasteiger partial charge >= 0.3 is 0 Å². The number of benzene rings is 2. The topological polar surface area (TPSA) is 102 Å².